The van der Waals surface area contributed by atoms with Crippen LogP contribution in [0.25, 0.3) is 0 Å². The number of hydrogen-bond donors (Lipinski definition) is 0. The molecule has 0 aromatic carbocycles. The molecule has 0 heterocycles. The smallest absolute Gasteiger partial charge is 0.211 e. The quantitative estimate of drug-likeness (QED) is 0.223. The van der Waals surface area contributed by atoms with Gasteiger partial charge in [0, 0.05) is 0 Å². The SMILES string of the molecule is CCCCCC(Br)N=C=O. The van der Waals surface area contributed by atoms with Crippen LogP contribution in [0.2, 0.25) is 0 Å². The zero-order chi connectivity index (χ0) is 7.82. The van der Waals surface area contributed by atoms with Crippen LogP contribution in [0.4, 0.5) is 0 Å². The first-order valence-corrected chi connectivity index (χ1v) is 4.44. The molecule has 58 valence electrons. The fourth-order valence-electron chi connectivity index (χ4n) is 0.685. The maximum atomic E-state index is 9.73. The molecule has 10 heavy (non-hydrogen) atoms. The average molecular weight is 206 g/mol. The molecule has 0 aliphatic rings. The maximum Gasteiger partial charge on any atom is 0.236 e. The normalized spacial score (nSPS) is 12.2. The molecular weight excluding hydrogens is 194 g/mol. The van der Waals surface area contributed by atoms with Crippen LogP contribution < -0.4 is 0 Å². The number of rotatable bonds is 5. The van der Waals surface area contributed by atoms with E-state index in [1.807, 2.05) is 0 Å². The Bertz CT molecular complexity index is 121. The summed E-state index contributed by atoms with van der Waals surface area (Å²) in [7, 11) is 0. The maximum absolute atomic E-state index is 9.73. The summed E-state index contributed by atoms with van der Waals surface area (Å²) in [6.07, 6.45) is 5.98. The van der Waals surface area contributed by atoms with E-state index in [0.717, 1.165) is 12.8 Å². The van der Waals surface area contributed by atoms with Gasteiger partial charge in [-0.2, -0.15) is 4.99 Å². The molecule has 0 aliphatic carbocycles. The summed E-state index contributed by atoms with van der Waals surface area (Å²) < 4.78 is 0. The molecule has 0 spiro atoms. The van der Waals surface area contributed by atoms with Crippen LogP contribution in [-0.2, 0) is 4.79 Å². The van der Waals surface area contributed by atoms with E-state index < -0.39 is 0 Å². The highest BCUT2D eigenvalue weighted by molar-refractivity contribution is 9.09. The first-order chi connectivity index (χ1) is 4.81. The van der Waals surface area contributed by atoms with Gasteiger partial charge in [-0.25, -0.2) is 4.79 Å². The lowest BCUT2D eigenvalue weighted by Crippen LogP contribution is -1.91. The third kappa shape index (κ3) is 5.99. The van der Waals surface area contributed by atoms with E-state index in [0.29, 0.717) is 0 Å². The van der Waals surface area contributed by atoms with Gasteiger partial charge in [0.1, 0.15) is 4.95 Å². The standard InChI is InChI=1S/C7H12BrNO/c1-2-3-4-5-7(8)9-6-10/h7H,2-5H2,1H3. The molecule has 0 saturated carbocycles. The van der Waals surface area contributed by atoms with Crippen molar-refractivity contribution in [3.8, 4) is 0 Å². The van der Waals surface area contributed by atoms with Gasteiger partial charge in [-0.1, -0.05) is 42.1 Å². The summed E-state index contributed by atoms with van der Waals surface area (Å²) in [5, 5.41) is 0. The van der Waals surface area contributed by atoms with Crippen LogP contribution in [0, 0.1) is 0 Å². The fourth-order valence-corrected chi connectivity index (χ4v) is 1.09. The summed E-state index contributed by atoms with van der Waals surface area (Å²) in [4.78, 5) is 13.2. The van der Waals surface area contributed by atoms with E-state index in [4.69, 9.17) is 0 Å². The number of aliphatic imine (C=N–C) groups is 1. The van der Waals surface area contributed by atoms with Gasteiger partial charge in [-0.3, -0.25) is 0 Å². The second kappa shape index (κ2) is 6.97. The Labute approximate surface area is 69.9 Å². The second-order valence-corrected chi connectivity index (χ2v) is 3.21. The van der Waals surface area contributed by atoms with Crippen LogP contribution in [0.5, 0.6) is 0 Å². The van der Waals surface area contributed by atoms with Crippen molar-refractivity contribution in [1.29, 1.82) is 0 Å². The Morgan fingerprint density at radius 2 is 2.30 bits per heavy atom. The van der Waals surface area contributed by atoms with E-state index >= 15 is 0 Å². The predicted molar refractivity (Wildman–Crippen MR) is 45.0 cm³/mol. The average Bonchev–Trinajstić information content (AvgIpc) is 1.89. The van der Waals surface area contributed by atoms with Crippen LogP contribution >= 0.6 is 15.9 Å². The molecule has 1 unspecified atom stereocenters. The molecule has 0 rings (SSSR count). The minimum atomic E-state index is -0.0171. The summed E-state index contributed by atoms with van der Waals surface area (Å²) >= 11 is 3.24. The first-order valence-electron chi connectivity index (χ1n) is 3.52. The Balaban J connectivity index is 3.21. The predicted octanol–water partition coefficient (Wildman–Crippen LogP) is 2.62. The van der Waals surface area contributed by atoms with Crippen LogP contribution in [0.15, 0.2) is 4.99 Å². The number of carbonyl (C=O) groups excluding carboxylic acids is 1. The van der Waals surface area contributed by atoms with Gasteiger partial charge in [-0.05, 0) is 6.42 Å². The van der Waals surface area contributed by atoms with Crippen molar-refractivity contribution in [3.05, 3.63) is 0 Å². The Kier molecular flexibility index (Phi) is 6.88. The van der Waals surface area contributed by atoms with Crippen molar-refractivity contribution in [2.45, 2.75) is 37.6 Å². The number of hydrogen-bond acceptors (Lipinski definition) is 2. The van der Waals surface area contributed by atoms with Crippen molar-refractivity contribution in [2.75, 3.05) is 0 Å². The molecule has 0 aromatic rings. The van der Waals surface area contributed by atoms with Gasteiger partial charge >= 0.3 is 0 Å². The van der Waals surface area contributed by atoms with Crippen molar-refractivity contribution in [1.82, 2.24) is 0 Å². The Morgan fingerprint density at radius 1 is 1.60 bits per heavy atom. The lowest BCUT2D eigenvalue weighted by atomic mass is 10.2. The lowest BCUT2D eigenvalue weighted by Gasteiger charge is -1.98. The van der Waals surface area contributed by atoms with E-state index in [-0.39, 0.29) is 4.95 Å². The first kappa shape index (κ1) is 9.86. The van der Waals surface area contributed by atoms with Crippen LogP contribution in [0.1, 0.15) is 32.6 Å². The van der Waals surface area contributed by atoms with Gasteiger partial charge < -0.3 is 0 Å². The fraction of sp³-hybridized carbons (Fsp3) is 0.857. The van der Waals surface area contributed by atoms with Gasteiger partial charge in [0.05, 0.1) is 0 Å². The summed E-state index contributed by atoms with van der Waals surface area (Å²) in [5.41, 5.74) is 0. The van der Waals surface area contributed by atoms with Crippen molar-refractivity contribution < 1.29 is 4.79 Å². The molecule has 0 saturated heterocycles. The molecule has 0 bridgehead atoms. The highest BCUT2D eigenvalue weighted by Gasteiger charge is 1.98. The zero-order valence-corrected chi connectivity index (χ0v) is 7.73. The summed E-state index contributed by atoms with van der Waals surface area (Å²) in [6.45, 7) is 2.15. The lowest BCUT2D eigenvalue weighted by molar-refractivity contribution is 0.560. The van der Waals surface area contributed by atoms with Gasteiger partial charge in [-0.15, -0.1) is 0 Å². The molecule has 0 fully saturated rings. The van der Waals surface area contributed by atoms with Crippen LogP contribution in [0.3, 0.4) is 0 Å². The zero-order valence-electron chi connectivity index (χ0n) is 6.14. The molecule has 1 atom stereocenters. The second-order valence-electron chi connectivity index (χ2n) is 2.15. The van der Waals surface area contributed by atoms with Crippen molar-refractivity contribution in [3.63, 3.8) is 0 Å². The van der Waals surface area contributed by atoms with Crippen molar-refractivity contribution in [2.24, 2.45) is 4.99 Å². The number of halogens is 1. The van der Waals surface area contributed by atoms with E-state index in [1.54, 1.807) is 0 Å². The Morgan fingerprint density at radius 3 is 2.80 bits per heavy atom. The third-order valence-corrected chi connectivity index (χ3v) is 1.90. The molecule has 0 radical (unpaired) electrons. The largest absolute Gasteiger partial charge is 0.236 e. The van der Waals surface area contributed by atoms with Gasteiger partial charge in [0.25, 0.3) is 0 Å². The molecule has 3 heteroatoms. The number of nitrogens with zero attached hydrogens (tertiary/aromatic N) is 1. The molecule has 0 amide bonds. The summed E-state index contributed by atoms with van der Waals surface area (Å²) in [6, 6.07) is 0. The minimum Gasteiger partial charge on any atom is -0.211 e. The minimum absolute atomic E-state index is 0.0171. The monoisotopic (exact) mass is 205 g/mol. The third-order valence-electron chi connectivity index (χ3n) is 1.24. The molecule has 2 nitrogen and oxygen atoms in total. The Hall–Kier alpha value is -0.140. The molecule has 0 aliphatic heterocycles. The summed E-state index contributed by atoms with van der Waals surface area (Å²) in [5.74, 6) is 0. The van der Waals surface area contributed by atoms with Gasteiger partial charge in [0.2, 0.25) is 6.08 Å². The van der Waals surface area contributed by atoms with Crippen molar-refractivity contribution >= 4 is 22.0 Å². The molecular formula is C7H12BrNO. The van der Waals surface area contributed by atoms with Crippen LogP contribution in [-0.4, -0.2) is 11.0 Å². The van der Waals surface area contributed by atoms with Gasteiger partial charge in [0.15, 0.2) is 0 Å². The number of isocyanates is 1. The molecule has 0 aromatic heterocycles. The van der Waals surface area contributed by atoms with E-state index in [2.05, 4.69) is 27.8 Å². The van der Waals surface area contributed by atoms with E-state index in [1.165, 1.54) is 18.9 Å². The number of unbranched alkanes of at least 4 members (excludes halogenated alkanes) is 2. The highest BCUT2D eigenvalue weighted by Crippen LogP contribution is 2.10. The number of alkyl halides is 1. The topological polar surface area (TPSA) is 29.4 Å². The highest BCUT2D eigenvalue weighted by atomic mass is 79.9. The van der Waals surface area contributed by atoms with E-state index in [9.17, 15) is 4.79 Å². The molecule has 0 N–H and O–H groups in total.